The molecule has 4 nitrogen and oxygen atoms in total. The summed E-state index contributed by atoms with van der Waals surface area (Å²) in [5, 5.41) is 0. The van der Waals surface area contributed by atoms with Crippen molar-refractivity contribution in [1.29, 1.82) is 0 Å². The third-order valence-electron chi connectivity index (χ3n) is 2.63. The van der Waals surface area contributed by atoms with Crippen molar-refractivity contribution in [2.45, 2.75) is 32.1 Å². The van der Waals surface area contributed by atoms with Crippen LogP contribution in [-0.2, 0) is 9.59 Å². The Hall–Kier alpha value is -1.32. The highest BCUT2D eigenvalue weighted by Crippen LogP contribution is 2.29. The van der Waals surface area contributed by atoms with Gasteiger partial charge in [-0.15, -0.1) is 0 Å². The zero-order chi connectivity index (χ0) is 10.6. The molecule has 0 saturated heterocycles. The first-order valence-electron chi connectivity index (χ1n) is 4.92. The number of amides is 2. The van der Waals surface area contributed by atoms with E-state index in [0.717, 1.165) is 25.7 Å². The van der Waals surface area contributed by atoms with Crippen molar-refractivity contribution >= 4 is 11.8 Å². The van der Waals surface area contributed by atoms with Gasteiger partial charge in [-0.3, -0.25) is 9.59 Å². The van der Waals surface area contributed by atoms with Gasteiger partial charge in [-0.05, 0) is 18.8 Å². The van der Waals surface area contributed by atoms with Gasteiger partial charge in [-0.25, -0.2) is 0 Å². The Labute approximate surface area is 83.3 Å². The fraction of sp³-hybridized carbons (Fsp3) is 0.600. The van der Waals surface area contributed by atoms with Gasteiger partial charge in [0.1, 0.15) is 0 Å². The van der Waals surface area contributed by atoms with Crippen LogP contribution in [0.25, 0.3) is 0 Å². The summed E-state index contributed by atoms with van der Waals surface area (Å²) < 4.78 is 0. The van der Waals surface area contributed by atoms with Gasteiger partial charge in [-0.1, -0.05) is 19.3 Å². The fourth-order valence-corrected chi connectivity index (χ4v) is 1.96. The largest absolute Gasteiger partial charge is 0.366 e. The highest BCUT2D eigenvalue weighted by molar-refractivity contribution is 6.00. The zero-order valence-electron chi connectivity index (χ0n) is 8.16. The highest BCUT2D eigenvalue weighted by atomic mass is 16.1. The van der Waals surface area contributed by atoms with Gasteiger partial charge in [0.25, 0.3) is 0 Å². The second-order valence-electron chi connectivity index (χ2n) is 3.70. The van der Waals surface area contributed by atoms with E-state index in [2.05, 4.69) is 0 Å². The maximum absolute atomic E-state index is 11.1. The lowest BCUT2D eigenvalue weighted by molar-refractivity contribution is -0.117. The van der Waals surface area contributed by atoms with Crippen molar-refractivity contribution in [2.75, 3.05) is 0 Å². The second kappa shape index (κ2) is 4.79. The SMILES string of the molecule is NC(=O)C=C(C(N)=O)C1CCCCC1. The molecular formula is C10H16N2O2. The van der Waals surface area contributed by atoms with E-state index in [1.807, 2.05) is 0 Å². The standard InChI is InChI=1S/C10H16N2O2/c11-9(13)6-8(10(12)14)7-4-2-1-3-5-7/h6-7H,1-5H2,(H2,11,13)(H2,12,14). The monoisotopic (exact) mass is 196 g/mol. The molecule has 0 unspecified atom stereocenters. The lowest BCUT2D eigenvalue weighted by Crippen LogP contribution is -2.24. The lowest BCUT2D eigenvalue weighted by Gasteiger charge is -2.22. The Morgan fingerprint density at radius 3 is 2.07 bits per heavy atom. The summed E-state index contributed by atoms with van der Waals surface area (Å²) in [6.45, 7) is 0. The number of primary amides is 2. The fourth-order valence-electron chi connectivity index (χ4n) is 1.96. The first-order chi connectivity index (χ1) is 6.61. The minimum absolute atomic E-state index is 0.133. The third-order valence-corrected chi connectivity index (χ3v) is 2.63. The van der Waals surface area contributed by atoms with E-state index in [1.165, 1.54) is 12.5 Å². The molecule has 0 aromatic rings. The lowest BCUT2D eigenvalue weighted by atomic mass is 9.83. The zero-order valence-corrected chi connectivity index (χ0v) is 8.16. The van der Waals surface area contributed by atoms with Gasteiger partial charge in [0, 0.05) is 11.6 Å². The van der Waals surface area contributed by atoms with Crippen LogP contribution in [0.15, 0.2) is 11.6 Å². The Bertz CT molecular complexity index is 265. The predicted molar refractivity (Wildman–Crippen MR) is 53.0 cm³/mol. The molecule has 0 atom stereocenters. The van der Waals surface area contributed by atoms with Crippen LogP contribution in [0.3, 0.4) is 0 Å². The molecule has 4 N–H and O–H groups in total. The third kappa shape index (κ3) is 2.87. The molecule has 4 heteroatoms. The van der Waals surface area contributed by atoms with E-state index in [4.69, 9.17) is 11.5 Å². The number of nitrogens with two attached hydrogens (primary N) is 2. The molecule has 0 bridgehead atoms. The maximum Gasteiger partial charge on any atom is 0.245 e. The molecule has 2 amide bonds. The van der Waals surface area contributed by atoms with Crippen LogP contribution in [0.1, 0.15) is 32.1 Å². The summed E-state index contributed by atoms with van der Waals surface area (Å²) in [5.74, 6) is -0.978. The van der Waals surface area contributed by atoms with Crippen LogP contribution in [0.4, 0.5) is 0 Å². The summed E-state index contributed by atoms with van der Waals surface area (Å²) in [6.07, 6.45) is 6.42. The van der Waals surface area contributed by atoms with Gasteiger partial charge in [0.15, 0.2) is 0 Å². The Balaban J connectivity index is 2.76. The van der Waals surface area contributed by atoms with E-state index in [0.29, 0.717) is 5.57 Å². The molecule has 1 aliphatic rings. The molecule has 0 aliphatic heterocycles. The van der Waals surface area contributed by atoms with E-state index in [1.54, 1.807) is 0 Å². The quantitative estimate of drug-likeness (QED) is 0.642. The summed E-state index contributed by atoms with van der Waals surface area (Å²) in [7, 11) is 0. The van der Waals surface area contributed by atoms with Crippen molar-refractivity contribution < 1.29 is 9.59 Å². The second-order valence-corrected chi connectivity index (χ2v) is 3.70. The number of rotatable bonds is 3. The molecule has 1 rings (SSSR count). The van der Waals surface area contributed by atoms with Crippen LogP contribution in [0, 0.1) is 5.92 Å². The van der Waals surface area contributed by atoms with Crippen LogP contribution in [0.2, 0.25) is 0 Å². The van der Waals surface area contributed by atoms with Crippen molar-refractivity contribution in [2.24, 2.45) is 17.4 Å². The topological polar surface area (TPSA) is 86.2 Å². The van der Waals surface area contributed by atoms with Crippen LogP contribution in [-0.4, -0.2) is 11.8 Å². The molecule has 1 fully saturated rings. The first-order valence-corrected chi connectivity index (χ1v) is 4.92. The van der Waals surface area contributed by atoms with E-state index < -0.39 is 11.8 Å². The van der Waals surface area contributed by atoms with Crippen molar-refractivity contribution in [3.8, 4) is 0 Å². The molecule has 1 aliphatic carbocycles. The van der Waals surface area contributed by atoms with Crippen LogP contribution >= 0.6 is 0 Å². The summed E-state index contributed by atoms with van der Waals surface area (Å²) in [6, 6.07) is 0. The Morgan fingerprint density at radius 1 is 1.07 bits per heavy atom. The van der Waals surface area contributed by atoms with Crippen molar-refractivity contribution in [3.63, 3.8) is 0 Å². The minimum atomic E-state index is -0.593. The van der Waals surface area contributed by atoms with Gasteiger partial charge in [-0.2, -0.15) is 0 Å². The van der Waals surface area contributed by atoms with Gasteiger partial charge >= 0.3 is 0 Å². The summed E-state index contributed by atoms with van der Waals surface area (Å²) >= 11 is 0. The summed E-state index contributed by atoms with van der Waals surface area (Å²) in [4.78, 5) is 21.8. The molecule has 0 aromatic heterocycles. The number of hydrogen-bond acceptors (Lipinski definition) is 2. The first kappa shape index (κ1) is 10.8. The number of hydrogen-bond donors (Lipinski definition) is 2. The summed E-state index contributed by atoms with van der Waals surface area (Å²) in [5.41, 5.74) is 10.6. The molecule has 0 aromatic carbocycles. The Kier molecular flexibility index (Phi) is 3.68. The highest BCUT2D eigenvalue weighted by Gasteiger charge is 2.21. The molecule has 1 saturated carbocycles. The smallest absolute Gasteiger partial charge is 0.245 e. The molecule has 0 spiro atoms. The van der Waals surface area contributed by atoms with E-state index in [-0.39, 0.29) is 5.92 Å². The number of carbonyl (C=O) groups is 2. The van der Waals surface area contributed by atoms with Gasteiger partial charge in [0.05, 0.1) is 0 Å². The molecule has 0 heterocycles. The maximum atomic E-state index is 11.1. The molecule has 78 valence electrons. The van der Waals surface area contributed by atoms with Crippen LogP contribution in [0.5, 0.6) is 0 Å². The Morgan fingerprint density at radius 2 is 1.64 bits per heavy atom. The number of carbonyl (C=O) groups excluding carboxylic acids is 2. The average Bonchev–Trinajstić information content (AvgIpc) is 2.15. The predicted octanol–water partition coefficient (Wildman–Crippen LogP) is 0.464. The van der Waals surface area contributed by atoms with E-state index in [9.17, 15) is 9.59 Å². The van der Waals surface area contributed by atoms with Crippen molar-refractivity contribution in [3.05, 3.63) is 11.6 Å². The van der Waals surface area contributed by atoms with E-state index >= 15 is 0 Å². The van der Waals surface area contributed by atoms with Gasteiger partial charge < -0.3 is 11.5 Å². The van der Waals surface area contributed by atoms with Crippen molar-refractivity contribution in [1.82, 2.24) is 0 Å². The normalized spacial score (nSPS) is 19.3. The molecule has 14 heavy (non-hydrogen) atoms. The molecular weight excluding hydrogens is 180 g/mol. The average molecular weight is 196 g/mol. The van der Waals surface area contributed by atoms with Crippen LogP contribution < -0.4 is 11.5 Å². The molecule has 0 radical (unpaired) electrons. The minimum Gasteiger partial charge on any atom is -0.366 e. The van der Waals surface area contributed by atoms with Gasteiger partial charge in [0.2, 0.25) is 11.8 Å².